The highest BCUT2D eigenvalue weighted by atomic mass is 32.2. The molecular weight excluding hydrogens is 250 g/mol. The predicted molar refractivity (Wildman–Crippen MR) is 72.5 cm³/mol. The minimum absolute atomic E-state index is 0.0793. The first-order valence-electron chi connectivity index (χ1n) is 6.97. The van der Waals surface area contributed by atoms with E-state index < -0.39 is 10.2 Å². The van der Waals surface area contributed by atoms with E-state index in [0.29, 0.717) is 24.9 Å². The molecule has 0 bridgehead atoms. The van der Waals surface area contributed by atoms with Gasteiger partial charge in [-0.15, -0.1) is 0 Å². The average molecular weight is 275 g/mol. The summed E-state index contributed by atoms with van der Waals surface area (Å²) in [6.45, 7) is 7.40. The van der Waals surface area contributed by atoms with E-state index >= 15 is 0 Å². The molecule has 6 heteroatoms. The molecule has 5 nitrogen and oxygen atoms in total. The Hall–Kier alpha value is -0.170. The van der Waals surface area contributed by atoms with Gasteiger partial charge in [-0.05, 0) is 44.2 Å². The van der Waals surface area contributed by atoms with Gasteiger partial charge < -0.3 is 5.32 Å². The number of hydrogen-bond acceptors (Lipinski definition) is 3. The molecule has 2 atom stereocenters. The van der Waals surface area contributed by atoms with E-state index in [-0.39, 0.29) is 6.04 Å². The lowest BCUT2D eigenvalue weighted by Crippen LogP contribution is -2.53. The second-order valence-corrected chi connectivity index (χ2v) is 7.48. The third-order valence-corrected chi connectivity index (χ3v) is 5.81. The molecule has 0 aromatic rings. The summed E-state index contributed by atoms with van der Waals surface area (Å²) in [6.07, 6.45) is 2.83. The van der Waals surface area contributed by atoms with Crippen LogP contribution >= 0.6 is 0 Å². The Labute approximate surface area is 110 Å². The molecule has 2 saturated heterocycles. The molecule has 2 N–H and O–H groups in total. The van der Waals surface area contributed by atoms with Gasteiger partial charge in [0.05, 0.1) is 0 Å². The molecule has 0 aliphatic carbocycles. The van der Waals surface area contributed by atoms with Gasteiger partial charge in [-0.2, -0.15) is 17.4 Å². The van der Waals surface area contributed by atoms with E-state index in [9.17, 15) is 8.42 Å². The fourth-order valence-corrected chi connectivity index (χ4v) is 4.25. The topological polar surface area (TPSA) is 61.4 Å². The summed E-state index contributed by atoms with van der Waals surface area (Å²) in [7, 11) is -3.28. The zero-order valence-electron chi connectivity index (χ0n) is 11.4. The van der Waals surface area contributed by atoms with Gasteiger partial charge >= 0.3 is 0 Å². The Bertz CT molecular complexity index is 364. The quantitative estimate of drug-likeness (QED) is 0.791. The van der Waals surface area contributed by atoms with Crippen molar-refractivity contribution in [3.05, 3.63) is 0 Å². The minimum atomic E-state index is -3.28. The normalized spacial score (nSPS) is 32.6. The second-order valence-electron chi connectivity index (χ2n) is 5.78. The molecule has 0 radical (unpaired) electrons. The van der Waals surface area contributed by atoms with Gasteiger partial charge in [-0.25, -0.2) is 0 Å². The molecule has 0 aromatic carbocycles. The van der Waals surface area contributed by atoms with Crippen LogP contribution < -0.4 is 10.0 Å². The molecule has 0 amide bonds. The van der Waals surface area contributed by atoms with Crippen molar-refractivity contribution in [3.63, 3.8) is 0 Å². The van der Waals surface area contributed by atoms with Crippen molar-refractivity contribution < 1.29 is 8.42 Å². The smallest absolute Gasteiger partial charge is 0.279 e. The maximum Gasteiger partial charge on any atom is 0.279 e. The Morgan fingerprint density at radius 2 is 1.83 bits per heavy atom. The zero-order chi connectivity index (χ0) is 13.2. The molecule has 0 saturated carbocycles. The van der Waals surface area contributed by atoms with Crippen LogP contribution in [0.4, 0.5) is 0 Å². The molecule has 2 heterocycles. The van der Waals surface area contributed by atoms with Gasteiger partial charge in [0, 0.05) is 19.1 Å². The van der Waals surface area contributed by atoms with Crippen LogP contribution in [0.25, 0.3) is 0 Å². The van der Waals surface area contributed by atoms with Crippen LogP contribution in [-0.4, -0.2) is 44.9 Å². The van der Waals surface area contributed by atoms with E-state index in [1.54, 1.807) is 4.31 Å². The van der Waals surface area contributed by atoms with Crippen LogP contribution in [-0.2, 0) is 10.2 Å². The first kappa shape index (κ1) is 14.2. The summed E-state index contributed by atoms with van der Waals surface area (Å²) in [5.74, 6) is 1.01. The van der Waals surface area contributed by atoms with Crippen molar-refractivity contribution in [2.75, 3.05) is 26.2 Å². The molecule has 2 aliphatic rings. The largest absolute Gasteiger partial charge is 0.316 e. The molecule has 2 rings (SSSR count). The molecule has 0 spiro atoms. The highest BCUT2D eigenvalue weighted by Gasteiger charge is 2.31. The Kier molecular flexibility index (Phi) is 4.64. The number of nitrogens with one attached hydrogen (secondary N) is 2. The summed E-state index contributed by atoms with van der Waals surface area (Å²) < 4.78 is 29.1. The first-order valence-corrected chi connectivity index (χ1v) is 8.41. The summed E-state index contributed by atoms with van der Waals surface area (Å²) in [4.78, 5) is 0. The summed E-state index contributed by atoms with van der Waals surface area (Å²) in [5, 5.41) is 3.29. The fourth-order valence-electron chi connectivity index (χ4n) is 2.68. The third kappa shape index (κ3) is 3.44. The molecular formula is C12H25N3O2S. The minimum Gasteiger partial charge on any atom is -0.316 e. The molecule has 2 unspecified atom stereocenters. The Morgan fingerprint density at radius 3 is 2.44 bits per heavy atom. The Morgan fingerprint density at radius 1 is 1.17 bits per heavy atom. The van der Waals surface area contributed by atoms with E-state index in [1.807, 2.05) is 0 Å². The van der Waals surface area contributed by atoms with Crippen LogP contribution in [0.3, 0.4) is 0 Å². The molecule has 18 heavy (non-hydrogen) atoms. The summed E-state index contributed by atoms with van der Waals surface area (Å²) in [6, 6.07) is 0.0793. The summed E-state index contributed by atoms with van der Waals surface area (Å²) >= 11 is 0. The van der Waals surface area contributed by atoms with Crippen LogP contribution in [0.1, 0.15) is 33.1 Å². The molecule has 0 aromatic heterocycles. The number of piperidine rings is 2. The maximum absolute atomic E-state index is 12.3. The number of hydrogen-bond donors (Lipinski definition) is 2. The fraction of sp³-hybridized carbons (Fsp3) is 1.00. The van der Waals surface area contributed by atoms with Crippen LogP contribution in [0, 0.1) is 11.8 Å². The highest BCUT2D eigenvalue weighted by molar-refractivity contribution is 7.87. The van der Waals surface area contributed by atoms with Crippen LogP contribution in [0.2, 0.25) is 0 Å². The van der Waals surface area contributed by atoms with Crippen LogP contribution in [0.15, 0.2) is 0 Å². The molecule has 2 fully saturated rings. The third-order valence-electron chi connectivity index (χ3n) is 4.17. The van der Waals surface area contributed by atoms with Gasteiger partial charge in [0.1, 0.15) is 0 Å². The molecule has 106 valence electrons. The Balaban J connectivity index is 1.94. The van der Waals surface area contributed by atoms with Crippen LogP contribution in [0.5, 0.6) is 0 Å². The van der Waals surface area contributed by atoms with Crippen molar-refractivity contribution in [1.29, 1.82) is 0 Å². The van der Waals surface area contributed by atoms with Gasteiger partial charge in [-0.1, -0.05) is 13.8 Å². The van der Waals surface area contributed by atoms with E-state index in [4.69, 9.17) is 0 Å². The second kappa shape index (κ2) is 5.86. The average Bonchev–Trinajstić information content (AvgIpc) is 2.32. The predicted octanol–water partition coefficient (Wildman–Crippen LogP) is 0.551. The lowest BCUT2D eigenvalue weighted by atomic mass is 9.97. The zero-order valence-corrected chi connectivity index (χ0v) is 12.2. The lowest BCUT2D eigenvalue weighted by Gasteiger charge is -2.34. The van der Waals surface area contributed by atoms with E-state index in [0.717, 1.165) is 32.4 Å². The standard InChI is InChI=1S/C12H25N3O2S/c1-10-4-7-15(8-5-10)18(16,17)14-12-3-6-13-9-11(12)2/h10-14H,3-9H2,1-2H3. The van der Waals surface area contributed by atoms with Gasteiger partial charge in [0.25, 0.3) is 10.2 Å². The van der Waals surface area contributed by atoms with Gasteiger partial charge in [-0.3, -0.25) is 0 Å². The van der Waals surface area contributed by atoms with Gasteiger partial charge in [0.2, 0.25) is 0 Å². The monoisotopic (exact) mass is 275 g/mol. The molecule has 2 aliphatic heterocycles. The summed E-state index contributed by atoms with van der Waals surface area (Å²) in [5.41, 5.74) is 0. The van der Waals surface area contributed by atoms with Crippen molar-refractivity contribution in [1.82, 2.24) is 14.3 Å². The van der Waals surface area contributed by atoms with Crippen molar-refractivity contribution in [3.8, 4) is 0 Å². The SMILES string of the molecule is CC1CCN(S(=O)(=O)NC2CCNCC2C)CC1. The van der Waals surface area contributed by atoms with Crippen molar-refractivity contribution in [2.45, 2.75) is 39.2 Å². The number of nitrogens with zero attached hydrogens (tertiary/aromatic N) is 1. The first-order chi connectivity index (χ1) is 8.49. The maximum atomic E-state index is 12.3. The van der Waals surface area contributed by atoms with E-state index in [1.165, 1.54) is 0 Å². The van der Waals surface area contributed by atoms with E-state index in [2.05, 4.69) is 23.9 Å². The van der Waals surface area contributed by atoms with Gasteiger partial charge in [0.15, 0.2) is 0 Å². The van der Waals surface area contributed by atoms with Crippen molar-refractivity contribution >= 4 is 10.2 Å². The number of rotatable bonds is 3. The highest BCUT2D eigenvalue weighted by Crippen LogP contribution is 2.19. The van der Waals surface area contributed by atoms with Crippen molar-refractivity contribution in [2.24, 2.45) is 11.8 Å². The lowest BCUT2D eigenvalue weighted by molar-refractivity contribution is 0.273.